The Morgan fingerprint density at radius 2 is 2.12 bits per heavy atom. The second-order valence-corrected chi connectivity index (χ2v) is 5.68. The first-order chi connectivity index (χ1) is 7.63. The molecule has 0 radical (unpaired) electrons. The Morgan fingerprint density at radius 3 is 2.69 bits per heavy atom. The second kappa shape index (κ2) is 4.74. The summed E-state index contributed by atoms with van der Waals surface area (Å²) < 4.78 is 0. The number of amides is 1. The summed E-state index contributed by atoms with van der Waals surface area (Å²) in [7, 11) is 0. The lowest BCUT2D eigenvalue weighted by Gasteiger charge is -2.39. The van der Waals surface area contributed by atoms with Crippen LogP contribution in [0.4, 0.5) is 0 Å². The molecular weight excluding hydrogens is 200 g/mol. The van der Waals surface area contributed by atoms with Crippen LogP contribution in [0.2, 0.25) is 0 Å². The standard InChI is InChI=1S/C13H24N2O/c1-9-5-6-15(12(7-9)8-14)13(16)10(2)11-3-4-11/h9-12H,3-8,14H2,1-2H3. The van der Waals surface area contributed by atoms with E-state index in [1.165, 1.54) is 12.8 Å². The Bertz CT molecular complexity index is 263. The number of piperidine rings is 1. The van der Waals surface area contributed by atoms with Crippen LogP contribution in [-0.2, 0) is 4.79 Å². The van der Waals surface area contributed by atoms with Crippen molar-refractivity contribution in [3.8, 4) is 0 Å². The topological polar surface area (TPSA) is 46.3 Å². The first-order valence-electron chi connectivity index (χ1n) is 6.64. The lowest BCUT2D eigenvalue weighted by Crippen LogP contribution is -2.51. The van der Waals surface area contributed by atoms with Crippen molar-refractivity contribution in [3.63, 3.8) is 0 Å². The molecule has 92 valence electrons. The molecule has 2 rings (SSSR count). The van der Waals surface area contributed by atoms with Crippen molar-refractivity contribution in [1.29, 1.82) is 0 Å². The van der Waals surface area contributed by atoms with Crippen molar-refractivity contribution >= 4 is 5.91 Å². The molecule has 3 unspecified atom stereocenters. The fourth-order valence-corrected chi connectivity index (χ4v) is 2.82. The number of rotatable bonds is 3. The Hall–Kier alpha value is -0.570. The van der Waals surface area contributed by atoms with Gasteiger partial charge < -0.3 is 10.6 Å². The summed E-state index contributed by atoms with van der Waals surface area (Å²) in [5.74, 6) is 1.95. The van der Waals surface area contributed by atoms with Crippen LogP contribution in [0.15, 0.2) is 0 Å². The van der Waals surface area contributed by atoms with Crippen molar-refractivity contribution in [2.24, 2.45) is 23.5 Å². The van der Waals surface area contributed by atoms with E-state index in [1.807, 2.05) is 0 Å². The molecule has 3 atom stereocenters. The van der Waals surface area contributed by atoms with Crippen LogP contribution in [0, 0.1) is 17.8 Å². The van der Waals surface area contributed by atoms with Crippen molar-refractivity contribution in [2.75, 3.05) is 13.1 Å². The molecule has 1 aliphatic carbocycles. The van der Waals surface area contributed by atoms with Gasteiger partial charge in [0.25, 0.3) is 0 Å². The van der Waals surface area contributed by atoms with Gasteiger partial charge in [0.15, 0.2) is 0 Å². The Kier molecular flexibility index (Phi) is 3.53. The zero-order valence-corrected chi connectivity index (χ0v) is 10.5. The van der Waals surface area contributed by atoms with Crippen LogP contribution >= 0.6 is 0 Å². The summed E-state index contributed by atoms with van der Waals surface area (Å²) in [6.45, 7) is 5.88. The van der Waals surface area contributed by atoms with Gasteiger partial charge in [-0.15, -0.1) is 0 Å². The number of nitrogens with zero attached hydrogens (tertiary/aromatic N) is 1. The first kappa shape index (κ1) is 11.9. The summed E-state index contributed by atoms with van der Waals surface area (Å²) in [5.41, 5.74) is 5.79. The number of hydrogen-bond donors (Lipinski definition) is 1. The molecular formula is C13H24N2O. The minimum atomic E-state index is 0.224. The van der Waals surface area contributed by atoms with Gasteiger partial charge in [0.1, 0.15) is 0 Å². The SMILES string of the molecule is CC1CCN(C(=O)C(C)C2CC2)C(CN)C1. The number of likely N-dealkylation sites (tertiary alicyclic amines) is 1. The maximum atomic E-state index is 12.3. The van der Waals surface area contributed by atoms with Crippen molar-refractivity contribution in [3.05, 3.63) is 0 Å². The molecule has 2 N–H and O–H groups in total. The van der Waals surface area contributed by atoms with E-state index in [2.05, 4.69) is 18.7 Å². The smallest absolute Gasteiger partial charge is 0.225 e. The van der Waals surface area contributed by atoms with Crippen LogP contribution in [0.3, 0.4) is 0 Å². The Morgan fingerprint density at radius 1 is 1.44 bits per heavy atom. The second-order valence-electron chi connectivity index (χ2n) is 5.68. The van der Waals surface area contributed by atoms with Gasteiger partial charge in [-0.25, -0.2) is 0 Å². The number of hydrogen-bond acceptors (Lipinski definition) is 2. The third kappa shape index (κ3) is 2.40. The first-order valence-corrected chi connectivity index (χ1v) is 6.64. The van der Waals surface area contributed by atoms with Gasteiger partial charge in [-0.2, -0.15) is 0 Å². The summed E-state index contributed by atoms with van der Waals surface area (Å²) in [6, 6.07) is 0.289. The van der Waals surface area contributed by atoms with E-state index in [4.69, 9.17) is 5.73 Å². The van der Waals surface area contributed by atoms with Gasteiger partial charge in [-0.05, 0) is 37.5 Å². The van der Waals surface area contributed by atoms with Crippen LogP contribution < -0.4 is 5.73 Å². The molecule has 0 aromatic rings. The molecule has 1 aliphatic heterocycles. The van der Waals surface area contributed by atoms with Gasteiger partial charge in [-0.1, -0.05) is 13.8 Å². The van der Waals surface area contributed by atoms with Crippen molar-refractivity contribution in [2.45, 2.75) is 45.6 Å². The van der Waals surface area contributed by atoms with E-state index >= 15 is 0 Å². The molecule has 1 heterocycles. The Balaban J connectivity index is 1.97. The molecule has 1 amide bonds. The van der Waals surface area contributed by atoms with E-state index in [-0.39, 0.29) is 12.0 Å². The number of carbonyl (C=O) groups is 1. The van der Waals surface area contributed by atoms with Gasteiger partial charge in [0, 0.05) is 25.0 Å². The molecule has 16 heavy (non-hydrogen) atoms. The summed E-state index contributed by atoms with van der Waals surface area (Å²) in [5, 5.41) is 0. The monoisotopic (exact) mass is 224 g/mol. The highest BCUT2D eigenvalue weighted by Gasteiger charge is 2.38. The summed E-state index contributed by atoms with van der Waals surface area (Å²) in [6.07, 6.45) is 4.70. The van der Waals surface area contributed by atoms with Crippen LogP contribution in [-0.4, -0.2) is 29.9 Å². The molecule has 2 fully saturated rings. The predicted molar refractivity (Wildman–Crippen MR) is 64.8 cm³/mol. The fraction of sp³-hybridized carbons (Fsp3) is 0.923. The van der Waals surface area contributed by atoms with E-state index < -0.39 is 0 Å². The van der Waals surface area contributed by atoms with Crippen LogP contribution in [0.25, 0.3) is 0 Å². The van der Waals surface area contributed by atoms with E-state index in [0.717, 1.165) is 19.4 Å². The highest BCUT2D eigenvalue weighted by atomic mass is 16.2. The van der Waals surface area contributed by atoms with Gasteiger partial charge in [0.05, 0.1) is 0 Å². The maximum Gasteiger partial charge on any atom is 0.225 e. The molecule has 3 heteroatoms. The highest BCUT2D eigenvalue weighted by Crippen LogP contribution is 2.38. The molecule has 0 aromatic heterocycles. The average molecular weight is 224 g/mol. The van der Waals surface area contributed by atoms with E-state index in [0.29, 0.717) is 24.3 Å². The zero-order chi connectivity index (χ0) is 11.7. The van der Waals surface area contributed by atoms with Gasteiger partial charge in [0.2, 0.25) is 5.91 Å². The molecule has 1 saturated heterocycles. The fourth-order valence-electron chi connectivity index (χ4n) is 2.82. The lowest BCUT2D eigenvalue weighted by atomic mass is 9.91. The lowest BCUT2D eigenvalue weighted by molar-refractivity contribution is -0.139. The van der Waals surface area contributed by atoms with E-state index in [9.17, 15) is 4.79 Å². The average Bonchev–Trinajstić information content (AvgIpc) is 3.10. The molecule has 1 saturated carbocycles. The van der Waals surface area contributed by atoms with Gasteiger partial charge >= 0.3 is 0 Å². The molecule has 0 spiro atoms. The van der Waals surface area contributed by atoms with E-state index in [1.54, 1.807) is 0 Å². The molecule has 3 nitrogen and oxygen atoms in total. The third-order valence-electron chi connectivity index (χ3n) is 4.25. The third-order valence-corrected chi connectivity index (χ3v) is 4.25. The Labute approximate surface area is 98.4 Å². The normalized spacial score (nSPS) is 32.6. The summed E-state index contributed by atoms with van der Waals surface area (Å²) in [4.78, 5) is 14.4. The largest absolute Gasteiger partial charge is 0.338 e. The zero-order valence-electron chi connectivity index (χ0n) is 10.5. The minimum Gasteiger partial charge on any atom is -0.338 e. The number of carbonyl (C=O) groups excluding carboxylic acids is 1. The quantitative estimate of drug-likeness (QED) is 0.792. The molecule has 0 bridgehead atoms. The minimum absolute atomic E-state index is 0.224. The summed E-state index contributed by atoms with van der Waals surface area (Å²) >= 11 is 0. The van der Waals surface area contributed by atoms with Crippen molar-refractivity contribution < 1.29 is 4.79 Å². The van der Waals surface area contributed by atoms with Gasteiger partial charge in [-0.3, -0.25) is 4.79 Å². The molecule has 2 aliphatic rings. The molecule has 0 aromatic carbocycles. The number of nitrogens with two attached hydrogens (primary N) is 1. The predicted octanol–water partition coefficient (Wildman–Crippen LogP) is 1.62. The van der Waals surface area contributed by atoms with Crippen LogP contribution in [0.1, 0.15) is 39.5 Å². The maximum absolute atomic E-state index is 12.3. The van der Waals surface area contributed by atoms with Crippen LogP contribution in [0.5, 0.6) is 0 Å². The van der Waals surface area contributed by atoms with Crippen molar-refractivity contribution in [1.82, 2.24) is 4.90 Å². The highest BCUT2D eigenvalue weighted by molar-refractivity contribution is 5.79.